The van der Waals surface area contributed by atoms with E-state index in [2.05, 4.69) is 11.9 Å². The van der Waals surface area contributed by atoms with Crippen LogP contribution in [0.15, 0.2) is 0 Å². The van der Waals surface area contributed by atoms with Gasteiger partial charge in [-0.25, -0.2) is 9.97 Å². The van der Waals surface area contributed by atoms with E-state index in [0.29, 0.717) is 5.82 Å². The third-order valence-corrected chi connectivity index (χ3v) is 4.33. The van der Waals surface area contributed by atoms with Gasteiger partial charge >= 0.3 is 0 Å². The zero-order chi connectivity index (χ0) is 13.9. The van der Waals surface area contributed by atoms with E-state index in [4.69, 9.17) is 15.5 Å². The molecule has 19 heavy (non-hydrogen) atoms. The summed E-state index contributed by atoms with van der Waals surface area (Å²) in [7, 11) is 1.77. The molecule has 0 aromatic carbocycles. The van der Waals surface area contributed by atoms with Crippen LogP contribution in [0.3, 0.4) is 0 Å². The molecule has 1 aliphatic rings. The van der Waals surface area contributed by atoms with Gasteiger partial charge in [0.25, 0.3) is 0 Å². The maximum Gasteiger partial charge on any atom is 0.162 e. The molecule has 1 fully saturated rings. The van der Waals surface area contributed by atoms with Crippen molar-refractivity contribution in [3.63, 3.8) is 0 Å². The Bertz CT molecular complexity index is 437. The van der Waals surface area contributed by atoms with Crippen LogP contribution in [0.1, 0.15) is 62.5 Å². The van der Waals surface area contributed by atoms with Crippen molar-refractivity contribution in [3.05, 3.63) is 17.1 Å². The molecule has 0 spiro atoms. The second-order valence-electron chi connectivity index (χ2n) is 5.47. The Labute approximate surface area is 115 Å². The Morgan fingerprint density at radius 1 is 1.16 bits per heavy atom. The van der Waals surface area contributed by atoms with Crippen LogP contribution in [0.2, 0.25) is 0 Å². The minimum Gasteiger partial charge on any atom is -0.383 e. The number of hydrogen-bond donors (Lipinski definition) is 1. The minimum absolute atomic E-state index is 0.331. The highest BCUT2D eigenvalue weighted by Gasteiger charge is 2.36. The van der Waals surface area contributed by atoms with Gasteiger partial charge in [0.2, 0.25) is 0 Å². The van der Waals surface area contributed by atoms with Crippen molar-refractivity contribution in [2.45, 2.75) is 64.4 Å². The Morgan fingerprint density at radius 3 is 2.32 bits per heavy atom. The number of aromatic nitrogens is 2. The van der Waals surface area contributed by atoms with E-state index in [1.165, 1.54) is 25.7 Å². The van der Waals surface area contributed by atoms with E-state index in [1.807, 2.05) is 6.92 Å². The molecule has 0 amide bonds. The smallest absolute Gasteiger partial charge is 0.162 e. The number of nitrogen functional groups attached to an aromatic ring is 1. The van der Waals surface area contributed by atoms with Gasteiger partial charge < -0.3 is 10.5 Å². The van der Waals surface area contributed by atoms with Gasteiger partial charge in [-0.15, -0.1) is 0 Å². The Hall–Kier alpha value is -1.16. The summed E-state index contributed by atoms with van der Waals surface area (Å²) in [4.78, 5) is 9.28. The molecular formula is C15H25N3O. The molecule has 4 nitrogen and oxygen atoms in total. The second-order valence-corrected chi connectivity index (χ2v) is 5.47. The molecule has 106 valence electrons. The van der Waals surface area contributed by atoms with Crippen LogP contribution < -0.4 is 5.73 Å². The summed E-state index contributed by atoms with van der Waals surface area (Å²) in [5, 5.41) is 0. The number of aryl methyl sites for hydroxylation is 1. The van der Waals surface area contributed by atoms with Crippen LogP contribution in [0.5, 0.6) is 0 Å². The fourth-order valence-electron chi connectivity index (χ4n) is 2.95. The van der Waals surface area contributed by atoms with Crippen molar-refractivity contribution >= 4 is 5.82 Å². The number of ether oxygens (including phenoxy) is 1. The van der Waals surface area contributed by atoms with E-state index >= 15 is 0 Å². The van der Waals surface area contributed by atoms with Crippen LogP contribution in [-0.4, -0.2) is 17.1 Å². The van der Waals surface area contributed by atoms with Gasteiger partial charge in [0.15, 0.2) is 5.82 Å². The van der Waals surface area contributed by atoms with Gasteiger partial charge in [0.1, 0.15) is 11.4 Å². The van der Waals surface area contributed by atoms with E-state index in [-0.39, 0.29) is 5.60 Å². The highest BCUT2D eigenvalue weighted by atomic mass is 16.5. The number of nitrogens with two attached hydrogens (primary N) is 1. The van der Waals surface area contributed by atoms with Gasteiger partial charge in [-0.05, 0) is 26.2 Å². The van der Waals surface area contributed by atoms with Crippen LogP contribution in [0.25, 0.3) is 0 Å². The quantitative estimate of drug-likeness (QED) is 0.851. The maximum atomic E-state index is 6.05. The van der Waals surface area contributed by atoms with Gasteiger partial charge in [-0.1, -0.05) is 32.6 Å². The zero-order valence-electron chi connectivity index (χ0n) is 12.3. The predicted molar refractivity (Wildman–Crippen MR) is 76.9 cm³/mol. The molecule has 0 bridgehead atoms. The molecule has 0 unspecified atom stereocenters. The Morgan fingerprint density at radius 2 is 1.79 bits per heavy atom. The summed E-state index contributed by atoms with van der Waals surface area (Å²) in [6.07, 6.45) is 7.76. The lowest BCUT2D eigenvalue weighted by molar-refractivity contribution is -0.0352. The fourth-order valence-corrected chi connectivity index (χ4v) is 2.95. The van der Waals surface area contributed by atoms with Crippen molar-refractivity contribution in [2.75, 3.05) is 12.8 Å². The topological polar surface area (TPSA) is 61.0 Å². The van der Waals surface area contributed by atoms with Crippen molar-refractivity contribution in [1.29, 1.82) is 0 Å². The SMILES string of the molecule is CCc1nc(C2(OC)CCCCCC2)nc(N)c1C. The first-order valence-corrected chi connectivity index (χ1v) is 7.31. The van der Waals surface area contributed by atoms with E-state index in [1.54, 1.807) is 7.11 Å². The molecule has 1 saturated carbocycles. The lowest BCUT2D eigenvalue weighted by Crippen LogP contribution is -2.31. The third kappa shape index (κ3) is 2.73. The first-order valence-electron chi connectivity index (χ1n) is 7.31. The summed E-state index contributed by atoms with van der Waals surface area (Å²) in [5.74, 6) is 1.39. The highest BCUT2D eigenvalue weighted by Crippen LogP contribution is 2.37. The molecule has 1 aliphatic carbocycles. The van der Waals surface area contributed by atoms with Crippen molar-refractivity contribution in [2.24, 2.45) is 0 Å². The molecular weight excluding hydrogens is 238 g/mol. The fraction of sp³-hybridized carbons (Fsp3) is 0.733. The minimum atomic E-state index is -0.331. The number of anilines is 1. The summed E-state index contributed by atoms with van der Waals surface area (Å²) >= 11 is 0. The van der Waals surface area contributed by atoms with Crippen molar-refractivity contribution in [1.82, 2.24) is 9.97 Å². The molecule has 1 aromatic heterocycles. The van der Waals surface area contributed by atoms with Crippen molar-refractivity contribution < 1.29 is 4.74 Å². The normalized spacial score (nSPS) is 19.1. The molecule has 1 heterocycles. The summed E-state index contributed by atoms with van der Waals surface area (Å²) < 4.78 is 5.86. The number of rotatable bonds is 3. The van der Waals surface area contributed by atoms with E-state index < -0.39 is 0 Å². The highest BCUT2D eigenvalue weighted by molar-refractivity contribution is 5.41. The number of methoxy groups -OCH3 is 1. The van der Waals surface area contributed by atoms with Gasteiger partial charge in [-0.2, -0.15) is 0 Å². The molecule has 0 saturated heterocycles. The average molecular weight is 263 g/mol. The molecule has 0 radical (unpaired) electrons. The lowest BCUT2D eigenvalue weighted by atomic mass is 9.92. The van der Waals surface area contributed by atoms with Crippen LogP contribution in [0.4, 0.5) is 5.82 Å². The van der Waals surface area contributed by atoms with E-state index in [9.17, 15) is 0 Å². The summed E-state index contributed by atoms with van der Waals surface area (Å²) in [6.45, 7) is 4.09. The standard InChI is InChI=1S/C15H25N3O/c1-4-12-11(2)13(16)18-14(17-12)15(19-3)9-7-5-6-8-10-15/h4-10H2,1-3H3,(H2,16,17,18). The van der Waals surface area contributed by atoms with Crippen LogP contribution in [-0.2, 0) is 16.8 Å². The molecule has 4 heteroatoms. The van der Waals surface area contributed by atoms with Crippen molar-refractivity contribution in [3.8, 4) is 0 Å². The van der Waals surface area contributed by atoms with Crippen LogP contribution in [0, 0.1) is 6.92 Å². The zero-order valence-corrected chi connectivity index (χ0v) is 12.3. The Kier molecular flexibility index (Phi) is 4.40. The molecule has 2 rings (SSSR count). The molecule has 0 atom stereocenters. The van der Waals surface area contributed by atoms with E-state index in [0.717, 1.165) is 36.3 Å². The first kappa shape index (κ1) is 14.3. The first-order chi connectivity index (χ1) is 9.13. The molecule has 0 aliphatic heterocycles. The van der Waals surface area contributed by atoms with Crippen LogP contribution >= 0.6 is 0 Å². The Balaban J connectivity index is 2.45. The monoisotopic (exact) mass is 263 g/mol. The summed E-state index contributed by atoms with van der Waals surface area (Å²) in [5.41, 5.74) is 7.77. The molecule has 2 N–H and O–H groups in total. The predicted octanol–water partition coefficient (Wildman–Crippen LogP) is 3.13. The van der Waals surface area contributed by atoms with Gasteiger partial charge in [-0.3, -0.25) is 0 Å². The van der Waals surface area contributed by atoms with Gasteiger partial charge in [0, 0.05) is 18.4 Å². The lowest BCUT2D eigenvalue weighted by Gasteiger charge is -2.30. The number of hydrogen-bond acceptors (Lipinski definition) is 4. The average Bonchev–Trinajstić information content (AvgIpc) is 2.68. The molecule has 1 aromatic rings. The largest absolute Gasteiger partial charge is 0.383 e. The third-order valence-electron chi connectivity index (χ3n) is 4.33. The van der Waals surface area contributed by atoms with Gasteiger partial charge in [0.05, 0.1) is 0 Å². The number of nitrogens with zero attached hydrogens (tertiary/aromatic N) is 2. The summed E-state index contributed by atoms with van der Waals surface area (Å²) in [6, 6.07) is 0. The second kappa shape index (κ2) is 5.87. The maximum absolute atomic E-state index is 6.05.